The van der Waals surface area contributed by atoms with Crippen molar-refractivity contribution in [2.24, 2.45) is 0 Å². The van der Waals surface area contributed by atoms with Crippen LogP contribution in [0.5, 0.6) is 0 Å². The van der Waals surface area contributed by atoms with Gasteiger partial charge in [0.05, 0.1) is 6.61 Å². The second-order valence-corrected chi connectivity index (χ2v) is 12.1. The minimum atomic E-state index is -1.10. The molecule has 0 unspecified atom stereocenters. The van der Waals surface area contributed by atoms with Gasteiger partial charge in [-0.15, -0.1) is 0 Å². The second-order valence-electron chi connectivity index (χ2n) is 12.1. The van der Waals surface area contributed by atoms with Crippen molar-refractivity contribution >= 4 is 29.7 Å². The lowest BCUT2D eigenvalue weighted by Gasteiger charge is -2.22. The van der Waals surface area contributed by atoms with Crippen molar-refractivity contribution in [3.63, 3.8) is 0 Å². The van der Waals surface area contributed by atoms with Gasteiger partial charge in [0.2, 0.25) is 5.91 Å². The number of nitrogens with one attached hydrogen (secondary N) is 2. The van der Waals surface area contributed by atoms with Crippen LogP contribution in [0.3, 0.4) is 0 Å². The Bertz CT molecular complexity index is 805. The van der Waals surface area contributed by atoms with Crippen molar-refractivity contribution in [3.05, 3.63) is 0 Å². The number of carbonyl (C=O) groups excluding carboxylic acids is 5. The first-order valence-electron chi connectivity index (χ1n) is 17.7. The third-order valence-electron chi connectivity index (χ3n) is 7.64. The fourth-order valence-corrected chi connectivity index (χ4v) is 5.17. The van der Waals surface area contributed by atoms with Crippen molar-refractivity contribution in [2.45, 2.75) is 175 Å². The fraction of sp³-hybridized carbons (Fsp3) is 0.857. The first kappa shape index (κ1) is 42.3. The van der Waals surface area contributed by atoms with Crippen LogP contribution in [0.2, 0.25) is 0 Å². The van der Waals surface area contributed by atoms with Crippen molar-refractivity contribution in [3.8, 4) is 0 Å². The number of rotatable bonds is 30. The highest BCUT2D eigenvalue weighted by Gasteiger charge is 2.27. The van der Waals surface area contributed by atoms with Crippen LogP contribution >= 0.6 is 0 Å². The van der Waals surface area contributed by atoms with Crippen LogP contribution in [0.15, 0.2) is 0 Å². The zero-order valence-electron chi connectivity index (χ0n) is 28.9. The Hall–Kier alpha value is -2.65. The van der Waals surface area contributed by atoms with Crippen molar-refractivity contribution in [2.75, 3.05) is 19.7 Å². The Morgan fingerprint density at radius 3 is 1.51 bits per heavy atom. The van der Waals surface area contributed by atoms with Gasteiger partial charge >= 0.3 is 17.9 Å². The molecule has 0 heterocycles. The Morgan fingerprint density at radius 2 is 1.02 bits per heavy atom. The first-order valence-corrected chi connectivity index (χ1v) is 17.7. The minimum Gasteiger partial charge on any atom is -0.466 e. The molecule has 45 heavy (non-hydrogen) atoms. The molecule has 0 aromatic carbocycles. The van der Waals surface area contributed by atoms with E-state index in [1.165, 1.54) is 78.6 Å². The van der Waals surface area contributed by atoms with Crippen LogP contribution in [0.4, 0.5) is 0 Å². The van der Waals surface area contributed by atoms with Crippen LogP contribution in [0, 0.1) is 0 Å². The standard InChI is InChI=1S/C35H64N2O8/c1-5-6-7-8-9-12-15-18-21-25-36-34(41)23-20-17-14-11-10-13-16-19-22-26-37-35(42)33(45-31(4)40)28-32(44-30(3)39)24-27-43-29(2)38/h32-33H,5-28H2,1-4H3,(H,36,41)(H,37,42)/t32-,33-/m1/s1. The van der Waals surface area contributed by atoms with E-state index in [1.54, 1.807) is 0 Å². The molecular weight excluding hydrogens is 576 g/mol. The molecule has 10 heteroatoms. The monoisotopic (exact) mass is 640 g/mol. The summed E-state index contributed by atoms with van der Waals surface area (Å²) in [5, 5.41) is 5.88. The highest BCUT2D eigenvalue weighted by Crippen LogP contribution is 2.14. The third kappa shape index (κ3) is 29.8. The fourth-order valence-electron chi connectivity index (χ4n) is 5.17. The van der Waals surface area contributed by atoms with Crippen molar-refractivity contribution < 1.29 is 38.2 Å². The Kier molecular flexibility index (Phi) is 28.3. The molecule has 0 aliphatic carbocycles. The average Bonchev–Trinajstić information content (AvgIpc) is 2.97. The van der Waals surface area contributed by atoms with Gasteiger partial charge < -0.3 is 24.8 Å². The molecule has 0 aliphatic rings. The van der Waals surface area contributed by atoms with Gasteiger partial charge in [-0.3, -0.25) is 24.0 Å². The molecule has 0 fully saturated rings. The van der Waals surface area contributed by atoms with E-state index in [1.807, 2.05) is 0 Å². The van der Waals surface area contributed by atoms with Gasteiger partial charge in [-0.05, 0) is 19.3 Å². The molecule has 0 spiro atoms. The van der Waals surface area contributed by atoms with Crippen LogP contribution in [0.1, 0.15) is 163 Å². The molecule has 2 atom stereocenters. The lowest BCUT2D eigenvalue weighted by molar-refractivity contribution is -0.159. The summed E-state index contributed by atoms with van der Waals surface area (Å²) in [7, 11) is 0. The topological polar surface area (TPSA) is 137 Å². The molecule has 2 N–H and O–H groups in total. The van der Waals surface area contributed by atoms with Gasteiger partial charge in [0.25, 0.3) is 5.91 Å². The quantitative estimate of drug-likeness (QED) is 0.0494. The number of hydrogen-bond donors (Lipinski definition) is 2. The van der Waals surface area contributed by atoms with E-state index in [-0.39, 0.29) is 25.4 Å². The normalized spacial score (nSPS) is 12.2. The number of hydrogen-bond acceptors (Lipinski definition) is 8. The van der Waals surface area contributed by atoms with Crippen LogP contribution in [-0.2, 0) is 38.2 Å². The Morgan fingerprint density at radius 1 is 0.556 bits per heavy atom. The highest BCUT2D eigenvalue weighted by atomic mass is 16.6. The van der Waals surface area contributed by atoms with E-state index in [4.69, 9.17) is 14.2 Å². The summed E-state index contributed by atoms with van der Waals surface area (Å²) in [6, 6.07) is 0. The molecule has 10 nitrogen and oxygen atoms in total. The van der Waals surface area contributed by atoms with E-state index >= 15 is 0 Å². The molecule has 2 amide bonds. The second kappa shape index (κ2) is 30.0. The third-order valence-corrected chi connectivity index (χ3v) is 7.64. The maximum Gasteiger partial charge on any atom is 0.303 e. The molecule has 0 aromatic rings. The maximum absolute atomic E-state index is 12.7. The molecule has 0 radical (unpaired) electrons. The van der Waals surface area contributed by atoms with Gasteiger partial charge in [-0.1, -0.05) is 103 Å². The Labute approximate surface area is 272 Å². The predicted octanol–water partition coefficient (Wildman–Crippen LogP) is 6.86. The molecule has 0 saturated carbocycles. The van der Waals surface area contributed by atoms with E-state index in [2.05, 4.69) is 17.6 Å². The van der Waals surface area contributed by atoms with Gasteiger partial charge in [0.1, 0.15) is 6.10 Å². The highest BCUT2D eigenvalue weighted by molar-refractivity contribution is 5.83. The summed E-state index contributed by atoms with van der Waals surface area (Å²) in [5.41, 5.74) is 0. The number of unbranched alkanes of at least 4 members (excludes halogenated alkanes) is 16. The molecular formula is C35H64N2O8. The summed E-state index contributed by atoms with van der Waals surface area (Å²) in [6.45, 7) is 7.29. The molecule has 0 rings (SSSR count). The summed E-state index contributed by atoms with van der Waals surface area (Å²) in [6.07, 6.45) is 20.1. The first-order chi connectivity index (χ1) is 21.6. The van der Waals surface area contributed by atoms with Gasteiger partial charge in [0, 0.05) is 53.1 Å². The van der Waals surface area contributed by atoms with Crippen LogP contribution < -0.4 is 10.6 Å². The van der Waals surface area contributed by atoms with Crippen LogP contribution in [0.25, 0.3) is 0 Å². The van der Waals surface area contributed by atoms with E-state index in [9.17, 15) is 24.0 Å². The van der Waals surface area contributed by atoms with Gasteiger partial charge in [-0.25, -0.2) is 0 Å². The van der Waals surface area contributed by atoms with Crippen molar-refractivity contribution in [1.82, 2.24) is 10.6 Å². The SMILES string of the molecule is CCCCCCCCCCCNC(=O)CCCCCCCCCCCNC(=O)[C@@H](C[C@@H](CCOC(C)=O)OC(C)=O)OC(C)=O. The number of carbonyl (C=O) groups is 5. The van der Waals surface area contributed by atoms with Crippen molar-refractivity contribution in [1.29, 1.82) is 0 Å². The maximum atomic E-state index is 12.7. The molecule has 0 bridgehead atoms. The van der Waals surface area contributed by atoms with Crippen LogP contribution in [-0.4, -0.2) is 61.6 Å². The summed E-state index contributed by atoms with van der Waals surface area (Å²) in [5.74, 6) is -1.85. The molecule has 0 saturated heterocycles. The summed E-state index contributed by atoms with van der Waals surface area (Å²) >= 11 is 0. The number of esters is 3. The van der Waals surface area contributed by atoms with Gasteiger partial charge in [-0.2, -0.15) is 0 Å². The zero-order chi connectivity index (χ0) is 33.5. The number of amides is 2. The average molecular weight is 641 g/mol. The summed E-state index contributed by atoms with van der Waals surface area (Å²) < 4.78 is 15.3. The minimum absolute atomic E-state index is 0.0176. The predicted molar refractivity (Wildman–Crippen MR) is 176 cm³/mol. The van der Waals surface area contributed by atoms with E-state index in [0.29, 0.717) is 13.0 Å². The number of ether oxygens (including phenoxy) is 3. The molecule has 0 aliphatic heterocycles. The lowest BCUT2D eigenvalue weighted by atomic mass is 10.1. The molecule has 0 aromatic heterocycles. The van der Waals surface area contributed by atoms with E-state index in [0.717, 1.165) is 64.3 Å². The van der Waals surface area contributed by atoms with Gasteiger partial charge in [0.15, 0.2) is 6.10 Å². The largest absolute Gasteiger partial charge is 0.466 e. The lowest BCUT2D eigenvalue weighted by Crippen LogP contribution is -2.40. The van der Waals surface area contributed by atoms with E-state index < -0.39 is 36.0 Å². The summed E-state index contributed by atoms with van der Waals surface area (Å²) in [4.78, 5) is 58.8. The smallest absolute Gasteiger partial charge is 0.303 e. The Balaban J connectivity index is 3.86. The molecule has 262 valence electrons. The zero-order valence-corrected chi connectivity index (χ0v) is 28.9.